The van der Waals surface area contributed by atoms with Gasteiger partial charge >= 0.3 is 6.18 Å². The highest BCUT2D eigenvalue weighted by atomic mass is 79.9. The Kier molecular flexibility index (Phi) is 4.67. The Labute approximate surface area is 127 Å². The van der Waals surface area contributed by atoms with Gasteiger partial charge in [0.05, 0.1) is 5.56 Å². The summed E-state index contributed by atoms with van der Waals surface area (Å²) in [4.78, 5) is 4.02. The number of aromatic nitrogens is 2. The molecule has 1 aromatic heterocycles. The second-order valence-electron chi connectivity index (χ2n) is 4.74. The molecule has 0 aliphatic carbocycles. The molecule has 114 valence electrons. The van der Waals surface area contributed by atoms with Crippen LogP contribution in [0.3, 0.4) is 0 Å². The van der Waals surface area contributed by atoms with Crippen LogP contribution in [0.15, 0.2) is 27.2 Å². The van der Waals surface area contributed by atoms with E-state index in [4.69, 9.17) is 10.3 Å². The van der Waals surface area contributed by atoms with Gasteiger partial charge in [0.15, 0.2) is 0 Å². The molecule has 4 nitrogen and oxygen atoms in total. The molecule has 2 aromatic rings. The second-order valence-corrected chi connectivity index (χ2v) is 5.66. The SMILES string of the molecule is CC(CN)Cc1nc(-c2ccc(Br)cc2C(F)(F)F)no1. The summed E-state index contributed by atoms with van der Waals surface area (Å²) in [7, 11) is 0. The fourth-order valence-corrected chi connectivity index (χ4v) is 2.14. The molecule has 0 radical (unpaired) electrons. The van der Waals surface area contributed by atoms with Crippen LogP contribution < -0.4 is 5.73 Å². The van der Waals surface area contributed by atoms with Gasteiger partial charge in [-0.3, -0.25) is 0 Å². The number of benzene rings is 1. The Hall–Kier alpha value is -1.41. The van der Waals surface area contributed by atoms with Crippen molar-refractivity contribution in [3.63, 3.8) is 0 Å². The molecular weight excluding hydrogens is 351 g/mol. The Balaban J connectivity index is 2.39. The van der Waals surface area contributed by atoms with Crippen LogP contribution in [0, 0.1) is 5.92 Å². The average Bonchev–Trinajstić information content (AvgIpc) is 2.85. The molecule has 0 saturated heterocycles. The van der Waals surface area contributed by atoms with Crippen LogP contribution in [0.5, 0.6) is 0 Å². The van der Waals surface area contributed by atoms with Crippen molar-refractivity contribution in [3.8, 4) is 11.4 Å². The largest absolute Gasteiger partial charge is 0.417 e. The zero-order valence-electron chi connectivity index (χ0n) is 11.1. The first-order chi connectivity index (χ1) is 9.81. The van der Waals surface area contributed by atoms with Crippen molar-refractivity contribution in [1.29, 1.82) is 0 Å². The minimum Gasteiger partial charge on any atom is -0.339 e. The van der Waals surface area contributed by atoms with E-state index in [0.29, 0.717) is 17.4 Å². The van der Waals surface area contributed by atoms with Gasteiger partial charge in [0.25, 0.3) is 0 Å². The van der Waals surface area contributed by atoms with Crippen LogP contribution in [-0.2, 0) is 12.6 Å². The number of alkyl halides is 3. The van der Waals surface area contributed by atoms with E-state index in [1.54, 1.807) is 0 Å². The summed E-state index contributed by atoms with van der Waals surface area (Å²) < 4.78 is 44.5. The van der Waals surface area contributed by atoms with E-state index < -0.39 is 11.7 Å². The van der Waals surface area contributed by atoms with Gasteiger partial charge in [-0.2, -0.15) is 18.2 Å². The van der Waals surface area contributed by atoms with E-state index in [2.05, 4.69) is 26.1 Å². The van der Waals surface area contributed by atoms with E-state index in [-0.39, 0.29) is 23.2 Å². The quantitative estimate of drug-likeness (QED) is 0.900. The van der Waals surface area contributed by atoms with Crippen LogP contribution in [-0.4, -0.2) is 16.7 Å². The van der Waals surface area contributed by atoms with Crippen molar-refractivity contribution in [1.82, 2.24) is 10.1 Å². The highest BCUT2D eigenvalue weighted by Crippen LogP contribution is 2.37. The number of halogens is 4. The lowest BCUT2D eigenvalue weighted by molar-refractivity contribution is -0.137. The maximum atomic E-state index is 13.1. The summed E-state index contributed by atoms with van der Waals surface area (Å²) in [6.45, 7) is 2.33. The Morgan fingerprint density at radius 2 is 2.10 bits per heavy atom. The van der Waals surface area contributed by atoms with Crippen LogP contribution in [0.2, 0.25) is 0 Å². The number of hydrogen-bond acceptors (Lipinski definition) is 4. The first-order valence-electron chi connectivity index (χ1n) is 6.21. The van der Waals surface area contributed by atoms with E-state index in [1.165, 1.54) is 12.1 Å². The smallest absolute Gasteiger partial charge is 0.339 e. The molecular formula is C13H13BrF3N3O. The lowest BCUT2D eigenvalue weighted by Crippen LogP contribution is -2.13. The first kappa shape index (κ1) is 16.0. The number of rotatable bonds is 4. The molecule has 1 unspecified atom stereocenters. The lowest BCUT2D eigenvalue weighted by atomic mass is 10.1. The van der Waals surface area contributed by atoms with E-state index in [9.17, 15) is 13.2 Å². The molecule has 2 rings (SSSR count). The van der Waals surface area contributed by atoms with Gasteiger partial charge in [-0.15, -0.1) is 0 Å². The van der Waals surface area contributed by atoms with Crippen molar-refractivity contribution in [2.24, 2.45) is 11.7 Å². The number of hydrogen-bond donors (Lipinski definition) is 1. The van der Waals surface area contributed by atoms with Crippen LogP contribution in [0.1, 0.15) is 18.4 Å². The van der Waals surface area contributed by atoms with Gasteiger partial charge in [-0.1, -0.05) is 28.0 Å². The summed E-state index contributed by atoms with van der Waals surface area (Å²) in [5.41, 5.74) is 4.57. The van der Waals surface area contributed by atoms with Crippen LogP contribution in [0.25, 0.3) is 11.4 Å². The van der Waals surface area contributed by atoms with Gasteiger partial charge in [-0.05, 0) is 30.7 Å². The molecule has 1 aromatic carbocycles. The molecule has 21 heavy (non-hydrogen) atoms. The summed E-state index contributed by atoms with van der Waals surface area (Å²) in [6, 6.07) is 3.81. The molecule has 0 spiro atoms. The average molecular weight is 364 g/mol. The summed E-state index contributed by atoms with van der Waals surface area (Å²) in [5.74, 6) is 0.318. The van der Waals surface area contributed by atoms with Gasteiger partial charge in [-0.25, -0.2) is 0 Å². The van der Waals surface area contributed by atoms with Crippen LogP contribution in [0.4, 0.5) is 13.2 Å². The normalized spacial score (nSPS) is 13.4. The second kappa shape index (κ2) is 6.15. The van der Waals surface area contributed by atoms with E-state index in [0.717, 1.165) is 6.07 Å². The topological polar surface area (TPSA) is 64.9 Å². The molecule has 0 fully saturated rings. The zero-order valence-corrected chi connectivity index (χ0v) is 12.7. The highest BCUT2D eigenvalue weighted by Gasteiger charge is 2.35. The molecule has 2 N–H and O–H groups in total. The molecule has 0 saturated carbocycles. The predicted molar refractivity (Wildman–Crippen MR) is 74.4 cm³/mol. The van der Waals surface area contributed by atoms with Crippen molar-refractivity contribution >= 4 is 15.9 Å². The summed E-state index contributed by atoms with van der Waals surface area (Å²) in [6.07, 6.45) is -4.06. The third-order valence-corrected chi connectivity index (χ3v) is 3.41. The first-order valence-corrected chi connectivity index (χ1v) is 7.00. The highest BCUT2D eigenvalue weighted by molar-refractivity contribution is 9.10. The van der Waals surface area contributed by atoms with Crippen molar-refractivity contribution in [2.45, 2.75) is 19.5 Å². The molecule has 0 bridgehead atoms. The monoisotopic (exact) mass is 363 g/mol. The molecule has 0 aliphatic rings. The maximum absolute atomic E-state index is 13.1. The fraction of sp³-hybridized carbons (Fsp3) is 0.385. The Morgan fingerprint density at radius 1 is 1.38 bits per heavy atom. The molecule has 8 heteroatoms. The van der Waals surface area contributed by atoms with Crippen molar-refractivity contribution in [3.05, 3.63) is 34.1 Å². The van der Waals surface area contributed by atoms with Crippen molar-refractivity contribution < 1.29 is 17.7 Å². The molecule has 1 atom stereocenters. The zero-order chi connectivity index (χ0) is 15.6. The maximum Gasteiger partial charge on any atom is 0.417 e. The van der Waals surface area contributed by atoms with E-state index in [1.807, 2.05) is 6.92 Å². The molecule has 1 heterocycles. The Morgan fingerprint density at radius 3 is 2.71 bits per heavy atom. The summed E-state index contributed by atoms with van der Waals surface area (Å²) in [5, 5.41) is 3.64. The Bertz CT molecular complexity index is 627. The van der Waals surface area contributed by atoms with Crippen LogP contribution >= 0.6 is 15.9 Å². The minimum absolute atomic E-state index is 0.0750. The minimum atomic E-state index is -4.50. The predicted octanol–water partition coefficient (Wildman–Crippen LogP) is 3.66. The van der Waals surface area contributed by atoms with E-state index >= 15 is 0 Å². The number of nitrogens with two attached hydrogens (primary N) is 1. The third kappa shape index (κ3) is 3.82. The number of nitrogens with zero attached hydrogens (tertiary/aromatic N) is 2. The van der Waals surface area contributed by atoms with Gasteiger partial charge < -0.3 is 10.3 Å². The molecule has 0 aliphatic heterocycles. The standard InChI is InChI=1S/C13H13BrF3N3O/c1-7(6-18)4-11-19-12(20-21-11)9-3-2-8(14)5-10(9)13(15,16)17/h2-3,5,7H,4,6,18H2,1H3. The summed E-state index contributed by atoms with van der Waals surface area (Å²) >= 11 is 3.03. The van der Waals surface area contributed by atoms with Crippen molar-refractivity contribution in [2.75, 3.05) is 6.54 Å². The van der Waals surface area contributed by atoms with Gasteiger partial charge in [0.2, 0.25) is 11.7 Å². The third-order valence-electron chi connectivity index (χ3n) is 2.92. The lowest BCUT2D eigenvalue weighted by Gasteiger charge is -2.10. The molecule has 0 amide bonds. The van der Waals surface area contributed by atoms with Gasteiger partial charge in [0.1, 0.15) is 0 Å². The fourth-order valence-electron chi connectivity index (χ4n) is 1.77. The van der Waals surface area contributed by atoms with Gasteiger partial charge in [0, 0.05) is 16.5 Å².